The molecule has 2 heterocycles. The minimum atomic E-state index is -0.250. The van der Waals surface area contributed by atoms with E-state index in [1.807, 2.05) is 41.9 Å². The lowest BCUT2D eigenvalue weighted by Crippen LogP contribution is -2.26. The largest absolute Gasteiger partial charge is 0.423 e. The van der Waals surface area contributed by atoms with Crippen LogP contribution in [0.2, 0.25) is 0 Å². The molecular formula is C18H17N5O3. The van der Waals surface area contributed by atoms with Crippen LogP contribution in [-0.2, 0) is 7.05 Å². The van der Waals surface area contributed by atoms with Crippen LogP contribution in [0, 0.1) is 0 Å². The van der Waals surface area contributed by atoms with Gasteiger partial charge in [0.25, 0.3) is 5.91 Å². The van der Waals surface area contributed by atoms with E-state index in [9.17, 15) is 4.79 Å². The van der Waals surface area contributed by atoms with Crippen molar-refractivity contribution in [2.24, 2.45) is 7.05 Å². The van der Waals surface area contributed by atoms with E-state index in [1.54, 1.807) is 12.1 Å². The molecule has 2 aromatic carbocycles. The third kappa shape index (κ3) is 2.86. The van der Waals surface area contributed by atoms with Crippen molar-refractivity contribution < 1.29 is 14.3 Å². The Bertz CT molecular complexity index is 1070. The topological polar surface area (TPSA) is 105 Å². The number of imidazole rings is 1. The van der Waals surface area contributed by atoms with Crippen molar-refractivity contribution in [3.05, 3.63) is 48.0 Å². The number of carbonyl (C=O) groups is 1. The van der Waals surface area contributed by atoms with Crippen molar-refractivity contribution in [3.63, 3.8) is 0 Å². The average molecular weight is 351 g/mol. The highest BCUT2D eigenvalue weighted by molar-refractivity contribution is 5.97. The van der Waals surface area contributed by atoms with E-state index in [1.165, 1.54) is 0 Å². The number of amides is 1. The van der Waals surface area contributed by atoms with Crippen molar-refractivity contribution in [2.75, 3.05) is 18.5 Å². The molecule has 0 atom stereocenters. The zero-order valence-corrected chi connectivity index (χ0v) is 14.1. The molecule has 132 valence electrons. The third-order valence-electron chi connectivity index (χ3n) is 4.05. The Balaban J connectivity index is 1.65. The molecule has 0 saturated heterocycles. The Labute approximate surface area is 148 Å². The molecule has 0 saturated carbocycles. The van der Waals surface area contributed by atoms with E-state index in [4.69, 9.17) is 9.52 Å². The maximum absolute atomic E-state index is 12.0. The van der Waals surface area contributed by atoms with Crippen molar-refractivity contribution in [3.8, 4) is 0 Å². The van der Waals surface area contributed by atoms with Crippen molar-refractivity contribution >= 4 is 40.0 Å². The molecule has 4 aromatic rings. The maximum atomic E-state index is 12.0. The molecule has 0 aliphatic rings. The number of fused-ring (bicyclic) bond motifs is 2. The third-order valence-corrected chi connectivity index (χ3v) is 4.05. The van der Waals surface area contributed by atoms with Gasteiger partial charge < -0.3 is 19.4 Å². The van der Waals surface area contributed by atoms with Gasteiger partial charge in [0.1, 0.15) is 5.52 Å². The van der Waals surface area contributed by atoms with Gasteiger partial charge in [0, 0.05) is 19.2 Å². The van der Waals surface area contributed by atoms with Gasteiger partial charge in [-0.1, -0.05) is 12.1 Å². The van der Waals surface area contributed by atoms with Crippen LogP contribution in [0.15, 0.2) is 46.9 Å². The lowest BCUT2D eigenvalue weighted by Gasteiger charge is -2.03. The minimum absolute atomic E-state index is 0.101. The van der Waals surface area contributed by atoms with E-state index in [2.05, 4.69) is 20.6 Å². The summed E-state index contributed by atoms with van der Waals surface area (Å²) in [5, 5.41) is 14.5. The second-order valence-corrected chi connectivity index (χ2v) is 5.79. The summed E-state index contributed by atoms with van der Waals surface area (Å²) in [6.45, 7) is 0.111. The molecule has 0 aliphatic heterocycles. The molecule has 2 aromatic heterocycles. The number of aliphatic hydroxyl groups excluding tert-OH is 1. The molecule has 0 unspecified atom stereocenters. The van der Waals surface area contributed by atoms with E-state index in [-0.39, 0.29) is 19.1 Å². The van der Waals surface area contributed by atoms with Gasteiger partial charge in [-0.05, 0) is 30.3 Å². The summed E-state index contributed by atoms with van der Waals surface area (Å²) in [6.07, 6.45) is 0. The molecule has 0 fully saturated rings. The zero-order valence-electron chi connectivity index (χ0n) is 14.1. The fourth-order valence-corrected chi connectivity index (χ4v) is 2.75. The number of aromatic nitrogens is 3. The predicted molar refractivity (Wildman–Crippen MR) is 97.4 cm³/mol. The van der Waals surface area contributed by atoms with Gasteiger partial charge in [-0.25, -0.2) is 4.98 Å². The number of carbonyl (C=O) groups excluding carboxylic acids is 1. The Hall–Kier alpha value is -3.39. The van der Waals surface area contributed by atoms with Gasteiger partial charge in [-0.3, -0.25) is 10.1 Å². The first-order chi connectivity index (χ1) is 12.7. The fraction of sp³-hybridized carbons (Fsp3) is 0.167. The maximum Gasteiger partial charge on any atom is 0.302 e. The lowest BCUT2D eigenvalue weighted by atomic mass is 10.2. The van der Waals surface area contributed by atoms with Gasteiger partial charge in [-0.15, -0.1) is 0 Å². The number of nitrogens with one attached hydrogen (secondary N) is 2. The number of para-hydroxylation sites is 2. The number of hydrogen-bond acceptors (Lipinski definition) is 6. The molecular weight excluding hydrogens is 334 g/mol. The summed E-state index contributed by atoms with van der Waals surface area (Å²) in [5.41, 5.74) is 3.47. The summed E-state index contributed by atoms with van der Waals surface area (Å²) in [6, 6.07) is 13.1. The van der Waals surface area contributed by atoms with E-state index in [0.717, 1.165) is 11.0 Å². The standard InChI is InChI=1S/C18H17N5O3/c1-23-14-7-6-11(16(25)19-8-9-24)10-13(14)20-17(23)22-18-21-12-4-2-3-5-15(12)26-18/h2-7,10,24H,8-9H2,1H3,(H,19,25)(H,20,21,22). The quantitative estimate of drug-likeness (QED) is 0.509. The van der Waals surface area contributed by atoms with Crippen LogP contribution in [0.4, 0.5) is 12.0 Å². The SMILES string of the molecule is Cn1c(Nc2nc3ccccc3o2)nc2cc(C(=O)NCCO)ccc21. The second kappa shape index (κ2) is 6.49. The highest BCUT2D eigenvalue weighted by Gasteiger charge is 2.13. The van der Waals surface area contributed by atoms with Crippen LogP contribution in [0.5, 0.6) is 0 Å². The second-order valence-electron chi connectivity index (χ2n) is 5.79. The highest BCUT2D eigenvalue weighted by atomic mass is 16.4. The van der Waals surface area contributed by atoms with Crippen LogP contribution in [0.1, 0.15) is 10.4 Å². The van der Waals surface area contributed by atoms with E-state index in [0.29, 0.717) is 28.6 Å². The number of rotatable bonds is 5. The van der Waals surface area contributed by atoms with Gasteiger partial charge >= 0.3 is 6.01 Å². The molecule has 4 rings (SSSR count). The number of nitrogens with zero attached hydrogens (tertiary/aromatic N) is 3. The van der Waals surface area contributed by atoms with Crippen molar-refractivity contribution in [1.82, 2.24) is 19.9 Å². The molecule has 1 amide bonds. The van der Waals surface area contributed by atoms with Gasteiger partial charge in [-0.2, -0.15) is 4.98 Å². The molecule has 0 radical (unpaired) electrons. The number of anilines is 2. The summed E-state index contributed by atoms with van der Waals surface area (Å²) in [4.78, 5) is 20.9. The lowest BCUT2D eigenvalue weighted by molar-refractivity contribution is 0.0945. The Morgan fingerprint density at radius 1 is 1.19 bits per heavy atom. The molecule has 8 heteroatoms. The molecule has 8 nitrogen and oxygen atoms in total. The first-order valence-corrected chi connectivity index (χ1v) is 8.14. The molecule has 26 heavy (non-hydrogen) atoms. The number of aryl methyl sites for hydroxylation is 1. The van der Waals surface area contributed by atoms with Crippen LogP contribution in [0.25, 0.3) is 22.1 Å². The summed E-state index contributed by atoms with van der Waals surface area (Å²) >= 11 is 0. The summed E-state index contributed by atoms with van der Waals surface area (Å²) in [5.74, 6) is 0.305. The molecule has 0 bridgehead atoms. The number of oxazole rings is 1. The smallest absolute Gasteiger partial charge is 0.302 e. The van der Waals surface area contributed by atoms with Crippen molar-refractivity contribution in [1.29, 1.82) is 0 Å². The summed E-state index contributed by atoms with van der Waals surface area (Å²) in [7, 11) is 1.87. The van der Waals surface area contributed by atoms with Crippen LogP contribution >= 0.6 is 0 Å². The van der Waals surface area contributed by atoms with E-state index < -0.39 is 0 Å². The predicted octanol–water partition coefficient (Wildman–Crippen LogP) is 2.18. The Kier molecular flexibility index (Phi) is 4.02. The van der Waals surface area contributed by atoms with E-state index >= 15 is 0 Å². The molecule has 0 spiro atoms. The van der Waals surface area contributed by atoms with Crippen molar-refractivity contribution in [2.45, 2.75) is 0 Å². The molecule has 0 aliphatic carbocycles. The number of benzene rings is 2. The monoisotopic (exact) mass is 351 g/mol. The number of aliphatic hydroxyl groups is 1. The van der Waals surface area contributed by atoms with Gasteiger partial charge in [0.2, 0.25) is 5.95 Å². The fourth-order valence-electron chi connectivity index (χ4n) is 2.75. The first kappa shape index (κ1) is 16.1. The number of hydrogen-bond donors (Lipinski definition) is 3. The van der Waals surface area contributed by atoms with Gasteiger partial charge in [0.15, 0.2) is 5.58 Å². The Morgan fingerprint density at radius 3 is 2.85 bits per heavy atom. The van der Waals surface area contributed by atoms with Crippen LogP contribution < -0.4 is 10.6 Å². The normalized spacial score (nSPS) is 11.2. The molecule has 3 N–H and O–H groups in total. The van der Waals surface area contributed by atoms with Gasteiger partial charge in [0.05, 0.1) is 17.6 Å². The van der Waals surface area contributed by atoms with Crippen LogP contribution in [-0.4, -0.2) is 38.7 Å². The van der Waals surface area contributed by atoms with Crippen LogP contribution in [0.3, 0.4) is 0 Å². The first-order valence-electron chi connectivity index (χ1n) is 8.14. The highest BCUT2D eigenvalue weighted by Crippen LogP contribution is 2.24. The Morgan fingerprint density at radius 2 is 2.04 bits per heavy atom. The zero-order chi connectivity index (χ0) is 18.1. The average Bonchev–Trinajstić information content (AvgIpc) is 3.20. The summed E-state index contributed by atoms with van der Waals surface area (Å²) < 4.78 is 7.53. The minimum Gasteiger partial charge on any atom is -0.423 e.